The number of rotatable bonds is 1. The normalized spacial score (nSPS) is 11.8. The summed E-state index contributed by atoms with van der Waals surface area (Å²) < 4.78 is 6.80. The molecule has 0 atom stereocenters. The topological polar surface area (TPSA) is 69.4 Å². The molecular formula is C11H14N4O2. The molecule has 2 heterocycles. The lowest BCUT2D eigenvalue weighted by Gasteiger charge is -2.19. The first-order valence-electron chi connectivity index (χ1n) is 5.27. The van der Waals surface area contributed by atoms with E-state index >= 15 is 0 Å². The first-order chi connectivity index (χ1) is 7.88. The third kappa shape index (κ3) is 2.25. The van der Waals surface area contributed by atoms with Crippen LogP contribution in [-0.2, 0) is 4.74 Å². The van der Waals surface area contributed by atoms with Crippen molar-refractivity contribution in [2.24, 2.45) is 0 Å². The van der Waals surface area contributed by atoms with Gasteiger partial charge in [-0.25, -0.2) is 14.3 Å². The molecule has 0 bridgehead atoms. The number of carbonyl (C=O) groups excluding carboxylic acids is 1. The van der Waals surface area contributed by atoms with Crippen molar-refractivity contribution in [1.29, 1.82) is 0 Å². The molecule has 0 radical (unpaired) electrons. The van der Waals surface area contributed by atoms with Crippen molar-refractivity contribution in [1.82, 2.24) is 19.6 Å². The number of hydrogen-bond donors (Lipinski definition) is 0. The molecule has 0 fully saturated rings. The van der Waals surface area contributed by atoms with E-state index in [1.165, 1.54) is 17.0 Å². The minimum absolute atomic E-state index is 0.401. The van der Waals surface area contributed by atoms with Crippen LogP contribution in [0, 0.1) is 6.92 Å². The van der Waals surface area contributed by atoms with Gasteiger partial charge in [0.25, 0.3) is 5.78 Å². The maximum atomic E-state index is 11.9. The molecule has 0 amide bonds. The minimum atomic E-state index is -0.527. The lowest BCUT2D eigenvalue weighted by Crippen LogP contribution is -2.25. The summed E-state index contributed by atoms with van der Waals surface area (Å²) in [7, 11) is 0. The van der Waals surface area contributed by atoms with E-state index in [2.05, 4.69) is 15.1 Å². The fourth-order valence-electron chi connectivity index (χ4n) is 1.42. The molecule has 17 heavy (non-hydrogen) atoms. The van der Waals surface area contributed by atoms with Crippen LogP contribution in [0.25, 0.3) is 5.78 Å². The Bertz CT molecular complexity index is 568. The van der Waals surface area contributed by atoms with Crippen LogP contribution in [0.1, 0.15) is 36.8 Å². The SMILES string of the molecule is Cc1c(C(=O)OC(C)(C)C)cnc2ncnn12. The summed E-state index contributed by atoms with van der Waals surface area (Å²) in [5.74, 6) is 0.0645. The van der Waals surface area contributed by atoms with Crippen LogP contribution in [0.4, 0.5) is 0 Å². The number of aryl methyl sites for hydroxylation is 1. The molecule has 90 valence electrons. The second-order valence-corrected chi connectivity index (χ2v) is 4.73. The second kappa shape index (κ2) is 3.80. The summed E-state index contributed by atoms with van der Waals surface area (Å²) in [5, 5.41) is 3.99. The highest BCUT2D eigenvalue weighted by Crippen LogP contribution is 2.14. The highest BCUT2D eigenvalue weighted by molar-refractivity contribution is 5.90. The number of hydrogen-bond acceptors (Lipinski definition) is 5. The monoisotopic (exact) mass is 234 g/mol. The van der Waals surface area contributed by atoms with Crippen LogP contribution in [0.2, 0.25) is 0 Å². The number of nitrogens with zero attached hydrogens (tertiary/aromatic N) is 4. The van der Waals surface area contributed by atoms with E-state index in [1.54, 1.807) is 6.92 Å². The Morgan fingerprint density at radius 1 is 1.35 bits per heavy atom. The van der Waals surface area contributed by atoms with Crippen LogP contribution in [0.3, 0.4) is 0 Å². The molecule has 0 aromatic carbocycles. The quantitative estimate of drug-likeness (QED) is 0.697. The number of carbonyl (C=O) groups is 1. The molecule has 0 aliphatic heterocycles. The van der Waals surface area contributed by atoms with E-state index in [9.17, 15) is 4.79 Å². The summed E-state index contributed by atoms with van der Waals surface area (Å²) in [5.41, 5.74) is 0.542. The first kappa shape index (κ1) is 11.5. The number of fused-ring (bicyclic) bond motifs is 1. The Morgan fingerprint density at radius 2 is 2.06 bits per heavy atom. The van der Waals surface area contributed by atoms with Crippen molar-refractivity contribution in [3.63, 3.8) is 0 Å². The fourth-order valence-corrected chi connectivity index (χ4v) is 1.42. The van der Waals surface area contributed by atoms with Crippen LogP contribution in [0.5, 0.6) is 0 Å². The second-order valence-electron chi connectivity index (χ2n) is 4.73. The molecule has 0 spiro atoms. The lowest BCUT2D eigenvalue weighted by atomic mass is 10.2. The van der Waals surface area contributed by atoms with Gasteiger partial charge in [-0.3, -0.25) is 0 Å². The lowest BCUT2D eigenvalue weighted by molar-refractivity contribution is 0.00675. The summed E-state index contributed by atoms with van der Waals surface area (Å²) in [6.07, 6.45) is 2.86. The van der Waals surface area contributed by atoms with Crippen molar-refractivity contribution >= 4 is 11.7 Å². The molecule has 0 unspecified atom stereocenters. The predicted octanol–water partition coefficient (Wildman–Crippen LogP) is 1.39. The van der Waals surface area contributed by atoms with Gasteiger partial charge in [-0.2, -0.15) is 10.1 Å². The Kier molecular flexibility index (Phi) is 2.57. The van der Waals surface area contributed by atoms with Crippen LogP contribution >= 0.6 is 0 Å². The van der Waals surface area contributed by atoms with Crippen LogP contribution in [-0.4, -0.2) is 31.2 Å². The zero-order chi connectivity index (χ0) is 12.6. The molecule has 0 aliphatic rings. The van der Waals surface area contributed by atoms with Gasteiger partial charge in [-0.1, -0.05) is 0 Å². The zero-order valence-corrected chi connectivity index (χ0v) is 10.3. The predicted molar refractivity (Wildman–Crippen MR) is 60.7 cm³/mol. The van der Waals surface area contributed by atoms with Crippen molar-refractivity contribution in [3.05, 3.63) is 23.8 Å². The molecule has 2 aromatic heterocycles. The number of esters is 1. The van der Waals surface area contributed by atoms with Crippen molar-refractivity contribution in [2.75, 3.05) is 0 Å². The maximum Gasteiger partial charge on any atom is 0.342 e. The number of ether oxygens (including phenoxy) is 1. The molecule has 0 N–H and O–H groups in total. The zero-order valence-electron chi connectivity index (χ0n) is 10.3. The van der Waals surface area contributed by atoms with E-state index in [0.717, 1.165) is 0 Å². The first-order valence-corrected chi connectivity index (χ1v) is 5.27. The standard InChI is InChI=1S/C11H14N4O2/c1-7-8(9(16)17-11(2,3)4)5-12-10-13-6-14-15(7)10/h5-6H,1-4H3. The van der Waals surface area contributed by atoms with Gasteiger partial charge in [-0.05, 0) is 27.7 Å². The highest BCUT2D eigenvalue weighted by atomic mass is 16.6. The maximum absolute atomic E-state index is 11.9. The van der Waals surface area contributed by atoms with Gasteiger partial charge >= 0.3 is 5.97 Å². The number of aromatic nitrogens is 4. The molecule has 0 saturated carbocycles. The van der Waals surface area contributed by atoms with E-state index in [1.807, 2.05) is 20.8 Å². The summed E-state index contributed by atoms with van der Waals surface area (Å²) in [6.45, 7) is 7.24. The van der Waals surface area contributed by atoms with Crippen molar-refractivity contribution in [3.8, 4) is 0 Å². The summed E-state index contributed by atoms with van der Waals surface area (Å²) in [6, 6.07) is 0. The molecule has 6 nitrogen and oxygen atoms in total. The smallest absolute Gasteiger partial charge is 0.342 e. The minimum Gasteiger partial charge on any atom is -0.456 e. The largest absolute Gasteiger partial charge is 0.456 e. The molecule has 0 aliphatic carbocycles. The van der Waals surface area contributed by atoms with E-state index < -0.39 is 11.6 Å². The summed E-state index contributed by atoms with van der Waals surface area (Å²) in [4.78, 5) is 19.9. The van der Waals surface area contributed by atoms with Crippen molar-refractivity contribution in [2.45, 2.75) is 33.3 Å². The van der Waals surface area contributed by atoms with Crippen LogP contribution < -0.4 is 0 Å². The van der Waals surface area contributed by atoms with Crippen LogP contribution in [0.15, 0.2) is 12.5 Å². The molecule has 0 saturated heterocycles. The van der Waals surface area contributed by atoms with Gasteiger partial charge in [0.15, 0.2) is 0 Å². The molecule has 6 heteroatoms. The average Bonchev–Trinajstić information content (AvgIpc) is 2.63. The summed E-state index contributed by atoms with van der Waals surface area (Å²) >= 11 is 0. The van der Waals surface area contributed by atoms with Gasteiger partial charge in [-0.15, -0.1) is 0 Å². The fraction of sp³-hybridized carbons (Fsp3) is 0.455. The molecule has 2 rings (SSSR count). The van der Waals surface area contributed by atoms with E-state index in [-0.39, 0.29) is 0 Å². The van der Waals surface area contributed by atoms with Gasteiger partial charge < -0.3 is 4.74 Å². The molecule has 2 aromatic rings. The highest BCUT2D eigenvalue weighted by Gasteiger charge is 2.21. The van der Waals surface area contributed by atoms with Gasteiger partial charge in [0.1, 0.15) is 11.9 Å². The Labute approximate surface area is 98.6 Å². The molecular weight excluding hydrogens is 220 g/mol. The third-order valence-electron chi connectivity index (χ3n) is 2.17. The van der Waals surface area contributed by atoms with E-state index in [0.29, 0.717) is 17.0 Å². The van der Waals surface area contributed by atoms with Gasteiger partial charge in [0, 0.05) is 6.20 Å². The van der Waals surface area contributed by atoms with Gasteiger partial charge in [0.2, 0.25) is 0 Å². The Morgan fingerprint density at radius 3 is 2.71 bits per heavy atom. The van der Waals surface area contributed by atoms with Gasteiger partial charge in [0.05, 0.1) is 11.3 Å². The van der Waals surface area contributed by atoms with Crippen molar-refractivity contribution < 1.29 is 9.53 Å². The Balaban J connectivity index is 2.42. The van der Waals surface area contributed by atoms with E-state index in [4.69, 9.17) is 4.74 Å². The third-order valence-corrected chi connectivity index (χ3v) is 2.17. The Hall–Kier alpha value is -1.98. The average molecular weight is 234 g/mol.